The second-order valence-electron chi connectivity index (χ2n) is 10.2. The first-order valence-corrected chi connectivity index (χ1v) is 13.1. The highest BCUT2D eigenvalue weighted by atomic mass is 19.2. The molecule has 4 rings (SSSR count). The maximum atomic E-state index is 15.1. The Morgan fingerprint density at radius 2 is 1.69 bits per heavy atom. The van der Waals surface area contributed by atoms with Gasteiger partial charge in [-0.05, 0) is 99.3 Å². The molecule has 0 radical (unpaired) electrons. The van der Waals surface area contributed by atoms with E-state index in [1.807, 2.05) is 25.2 Å². The van der Waals surface area contributed by atoms with Gasteiger partial charge in [0.15, 0.2) is 11.6 Å². The van der Waals surface area contributed by atoms with Gasteiger partial charge in [0, 0.05) is 6.07 Å². The molecular weight excluding hydrogens is 457 g/mol. The van der Waals surface area contributed by atoms with E-state index in [2.05, 4.69) is 18.4 Å². The summed E-state index contributed by atoms with van der Waals surface area (Å²) in [6, 6.07) is 7.56. The van der Waals surface area contributed by atoms with Crippen LogP contribution >= 0.6 is 0 Å². The number of hydrogen-bond acceptors (Lipinski definition) is 1. The lowest BCUT2D eigenvalue weighted by Gasteiger charge is -2.42. The third-order valence-electron chi connectivity index (χ3n) is 7.91. The van der Waals surface area contributed by atoms with E-state index in [0.717, 1.165) is 31.6 Å². The molecule has 0 saturated heterocycles. The highest BCUT2D eigenvalue weighted by Gasteiger charge is 2.36. The van der Waals surface area contributed by atoms with Crippen molar-refractivity contribution in [3.63, 3.8) is 0 Å². The lowest BCUT2D eigenvalue weighted by atomic mass is 9.63. The quantitative estimate of drug-likeness (QED) is 0.277. The van der Waals surface area contributed by atoms with Crippen LogP contribution in [0.1, 0.15) is 80.9 Å². The van der Waals surface area contributed by atoms with Gasteiger partial charge >= 0.3 is 0 Å². The molecular formula is C32H35F3O. The molecule has 36 heavy (non-hydrogen) atoms. The SMILES string of the molecule is C=CCCC1CCC2CC(c3ccc(C#Cc4ccc(OC/C=C/C)cc4F)c(F)c3F)CCC2C1. The van der Waals surface area contributed by atoms with Crippen LogP contribution in [-0.4, -0.2) is 6.61 Å². The number of benzene rings is 2. The summed E-state index contributed by atoms with van der Waals surface area (Å²) in [7, 11) is 0. The van der Waals surface area contributed by atoms with Crippen LogP contribution in [0.5, 0.6) is 5.75 Å². The standard InChI is InChI=1S/C32H35F3O/c1-3-5-7-22-8-9-26-20-27(13-12-25(26)19-22)29-17-15-24(31(34)32(29)35)11-10-23-14-16-28(21-30(23)33)36-18-6-4-2/h3-4,6,14-17,21-22,25-27H,1,5,7-9,12-13,18-20H2,2H3/b6-4+. The second kappa shape index (κ2) is 12.3. The van der Waals surface area contributed by atoms with Gasteiger partial charge in [-0.1, -0.05) is 42.6 Å². The molecule has 4 unspecified atom stereocenters. The topological polar surface area (TPSA) is 9.23 Å². The van der Waals surface area contributed by atoms with Gasteiger partial charge in [0.2, 0.25) is 0 Å². The number of ether oxygens (including phenoxy) is 1. The lowest BCUT2D eigenvalue weighted by molar-refractivity contribution is 0.114. The van der Waals surface area contributed by atoms with Gasteiger partial charge in [-0.25, -0.2) is 13.2 Å². The molecule has 0 N–H and O–H groups in total. The van der Waals surface area contributed by atoms with Crippen molar-refractivity contribution in [1.82, 2.24) is 0 Å². The van der Waals surface area contributed by atoms with Gasteiger partial charge in [-0.2, -0.15) is 0 Å². The average molecular weight is 493 g/mol. The Kier molecular flexibility index (Phi) is 8.97. The molecule has 0 bridgehead atoms. The minimum atomic E-state index is -0.943. The maximum absolute atomic E-state index is 15.1. The van der Waals surface area contributed by atoms with Crippen molar-refractivity contribution < 1.29 is 17.9 Å². The van der Waals surface area contributed by atoms with Gasteiger partial charge in [0.05, 0.1) is 11.1 Å². The zero-order valence-corrected chi connectivity index (χ0v) is 21.0. The van der Waals surface area contributed by atoms with E-state index in [-0.39, 0.29) is 17.0 Å². The molecule has 190 valence electrons. The average Bonchev–Trinajstić information content (AvgIpc) is 2.89. The zero-order chi connectivity index (χ0) is 25.5. The Morgan fingerprint density at radius 1 is 0.944 bits per heavy atom. The van der Waals surface area contributed by atoms with Crippen LogP contribution in [0, 0.1) is 47.0 Å². The molecule has 2 aliphatic rings. The predicted molar refractivity (Wildman–Crippen MR) is 139 cm³/mol. The molecule has 4 heteroatoms. The number of halogens is 3. The highest BCUT2D eigenvalue weighted by Crippen LogP contribution is 2.48. The molecule has 0 spiro atoms. The number of fused-ring (bicyclic) bond motifs is 1. The van der Waals surface area contributed by atoms with Gasteiger partial charge in [0.1, 0.15) is 18.2 Å². The molecule has 0 aromatic heterocycles. The summed E-state index contributed by atoms with van der Waals surface area (Å²) in [6.45, 7) is 6.06. The van der Waals surface area contributed by atoms with Crippen molar-refractivity contribution in [3.05, 3.63) is 89.3 Å². The fourth-order valence-electron chi connectivity index (χ4n) is 5.92. The minimum Gasteiger partial charge on any atom is -0.489 e. The van der Waals surface area contributed by atoms with Crippen LogP contribution in [-0.2, 0) is 0 Å². The number of hydrogen-bond donors (Lipinski definition) is 0. The Hall–Kier alpha value is -2.93. The minimum absolute atomic E-state index is 0.0417. The summed E-state index contributed by atoms with van der Waals surface area (Å²) in [5.41, 5.74) is 0.513. The molecule has 2 aliphatic carbocycles. The monoisotopic (exact) mass is 492 g/mol. The summed E-state index contributed by atoms with van der Waals surface area (Å²) in [6.07, 6.45) is 14.5. The van der Waals surface area contributed by atoms with Gasteiger partial charge < -0.3 is 4.74 Å². The van der Waals surface area contributed by atoms with Crippen LogP contribution in [0.15, 0.2) is 55.1 Å². The summed E-state index contributed by atoms with van der Waals surface area (Å²) in [4.78, 5) is 0. The first-order chi connectivity index (χ1) is 17.5. The zero-order valence-electron chi connectivity index (χ0n) is 21.0. The highest BCUT2D eigenvalue weighted by molar-refractivity contribution is 5.47. The van der Waals surface area contributed by atoms with Gasteiger partial charge in [-0.15, -0.1) is 6.58 Å². The van der Waals surface area contributed by atoms with Crippen molar-refractivity contribution in [3.8, 4) is 17.6 Å². The van der Waals surface area contributed by atoms with Crippen molar-refractivity contribution in [2.24, 2.45) is 17.8 Å². The van der Waals surface area contributed by atoms with Crippen LogP contribution < -0.4 is 4.74 Å². The second-order valence-corrected chi connectivity index (χ2v) is 10.2. The first-order valence-electron chi connectivity index (χ1n) is 13.1. The Labute approximate surface area is 213 Å². The summed E-state index contributed by atoms with van der Waals surface area (Å²) >= 11 is 0. The number of rotatable bonds is 7. The lowest BCUT2D eigenvalue weighted by Crippen LogP contribution is -2.30. The van der Waals surface area contributed by atoms with Crippen LogP contribution in [0.25, 0.3) is 0 Å². The van der Waals surface area contributed by atoms with E-state index in [1.165, 1.54) is 43.9 Å². The van der Waals surface area contributed by atoms with Crippen molar-refractivity contribution >= 4 is 0 Å². The van der Waals surface area contributed by atoms with E-state index in [9.17, 15) is 8.78 Å². The summed E-state index contributed by atoms with van der Waals surface area (Å²) in [5.74, 6) is 5.45. The van der Waals surface area contributed by atoms with Crippen LogP contribution in [0.4, 0.5) is 13.2 Å². The fourth-order valence-corrected chi connectivity index (χ4v) is 5.92. The van der Waals surface area contributed by atoms with Crippen molar-refractivity contribution in [2.75, 3.05) is 6.61 Å². The fraction of sp³-hybridized carbons (Fsp3) is 0.438. The van der Waals surface area contributed by atoms with E-state index in [0.29, 0.717) is 29.8 Å². The Morgan fingerprint density at radius 3 is 2.47 bits per heavy atom. The van der Waals surface area contributed by atoms with E-state index >= 15 is 4.39 Å². The smallest absolute Gasteiger partial charge is 0.174 e. The third-order valence-corrected chi connectivity index (χ3v) is 7.91. The molecule has 2 fully saturated rings. The largest absolute Gasteiger partial charge is 0.489 e. The summed E-state index contributed by atoms with van der Waals surface area (Å²) in [5, 5.41) is 0. The molecule has 0 heterocycles. The molecule has 0 aliphatic heterocycles. The normalized spacial score (nSPS) is 23.6. The van der Waals surface area contributed by atoms with Crippen molar-refractivity contribution in [1.29, 1.82) is 0 Å². The van der Waals surface area contributed by atoms with Crippen LogP contribution in [0.2, 0.25) is 0 Å². The van der Waals surface area contributed by atoms with Gasteiger partial charge in [-0.3, -0.25) is 0 Å². The molecule has 1 nitrogen and oxygen atoms in total. The van der Waals surface area contributed by atoms with E-state index in [4.69, 9.17) is 4.74 Å². The summed E-state index contributed by atoms with van der Waals surface area (Å²) < 4.78 is 49.9. The van der Waals surface area contributed by atoms with Crippen molar-refractivity contribution in [2.45, 2.75) is 64.2 Å². The molecule has 2 aromatic carbocycles. The van der Waals surface area contributed by atoms with Gasteiger partial charge in [0.25, 0.3) is 0 Å². The Bertz CT molecular complexity index is 1160. The molecule has 4 atom stereocenters. The van der Waals surface area contributed by atoms with E-state index in [1.54, 1.807) is 12.1 Å². The van der Waals surface area contributed by atoms with Crippen LogP contribution in [0.3, 0.4) is 0 Å². The number of allylic oxidation sites excluding steroid dienone is 2. The van der Waals surface area contributed by atoms with E-state index < -0.39 is 17.5 Å². The molecule has 2 saturated carbocycles. The first kappa shape index (κ1) is 26.1. The molecule has 2 aromatic rings. The predicted octanol–water partition coefficient (Wildman–Crippen LogP) is 8.72. The molecule has 0 amide bonds. The third kappa shape index (κ3) is 6.25. The Balaban J connectivity index is 1.43. The maximum Gasteiger partial charge on any atom is 0.174 e.